The van der Waals surface area contributed by atoms with Gasteiger partial charge in [-0.25, -0.2) is 4.79 Å². The van der Waals surface area contributed by atoms with E-state index in [1.54, 1.807) is 28.4 Å². The van der Waals surface area contributed by atoms with Crippen LogP contribution in [-0.2, 0) is 4.74 Å². The van der Waals surface area contributed by atoms with Gasteiger partial charge in [0.1, 0.15) is 6.61 Å². The number of thiophene rings is 1. The molecule has 0 saturated carbocycles. The third-order valence-corrected chi connectivity index (χ3v) is 6.34. The number of aliphatic hydroxyl groups excluding tert-OH is 1. The van der Waals surface area contributed by atoms with Crippen molar-refractivity contribution >= 4 is 34.6 Å². The maximum atomic E-state index is 13.7. The van der Waals surface area contributed by atoms with Crippen molar-refractivity contribution < 1.29 is 28.9 Å². The first-order chi connectivity index (χ1) is 17.0. The highest BCUT2D eigenvalue weighted by Crippen LogP contribution is 2.36. The molecule has 1 aromatic heterocycles. The zero-order chi connectivity index (χ0) is 25.2. The number of amides is 2. The number of carbonyl (C=O) groups is 2. The standard InChI is InChI=1S/C26H32N2O6S/c1-4-6-11-33-24-15-22(27-26(31)34-10-5-2)21(14-23(24)32-3)25(30)28-9-7-18(13-20(28)16-29)19-8-12-35-17-19/h5,7-8,12,14-15,17,20,29H,2,4,6,9-11,13,16H2,1,3H3,(H,27,31)/t20-/m0/s1. The fourth-order valence-corrected chi connectivity index (χ4v) is 4.45. The molecule has 1 atom stereocenters. The highest BCUT2D eigenvalue weighted by Gasteiger charge is 2.31. The molecule has 35 heavy (non-hydrogen) atoms. The molecular weight excluding hydrogens is 468 g/mol. The summed E-state index contributed by atoms with van der Waals surface area (Å²) in [6.07, 6.45) is 5.06. The van der Waals surface area contributed by atoms with Crippen LogP contribution in [0.25, 0.3) is 5.57 Å². The van der Waals surface area contributed by atoms with Gasteiger partial charge in [0.2, 0.25) is 0 Å². The van der Waals surface area contributed by atoms with E-state index in [4.69, 9.17) is 14.2 Å². The summed E-state index contributed by atoms with van der Waals surface area (Å²) < 4.78 is 16.4. The summed E-state index contributed by atoms with van der Waals surface area (Å²) in [4.78, 5) is 27.6. The number of carbonyl (C=O) groups excluding carboxylic acids is 2. The van der Waals surface area contributed by atoms with Gasteiger partial charge in [0, 0.05) is 12.6 Å². The van der Waals surface area contributed by atoms with Gasteiger partial charge in [-0.3, -0.25) is 10.1 Å². The molecule has 1 aromatic carbocycles. The molecule has 188 valence electrons. The monoisotopic (exact) mass is 500 g/mol. The number of nitrogens with one attached hydrogen (secondary N) is 1. The maximum Gasteiger partial charge on any atom is 0.411 e. The Labute approximate surface area is 209 Å². The number of hydrogen-bond acceptors (Lipinski definition) is 7. The van der Waals surface area contributed by atoms with Crippen LogP contribution < -0.4 is 14.8 Å². The Morgan fingerprint density at radius 2 is 2.17 bits per heavy atom. The number of methoxy groups -OCH3 is 1. The second kappa shape index (κ2) is 13.0. The molecule has 0 fully saturated rings. The number of ether oxygens (including phenoxy) is 3. The minimum absolute atomic E-state index is 0.0278. The third-order valence-electron chi connectivity index (χ3n) is 5.65. The lowest BCUT2D eigenvalue weighted by atomic mass is 9.95. The second-order valence-corrected chi connectivity index (χ2v) is 8.78. The van der Waals surface area contributed by atoms with Crippen LogP contribution in [0.3, 0.4) is 0 Å². The Morgan fingerprint density at radius 1 is 1.34 bits per heavy atom. The van der Waals surface area contributed by atoms with E-state index in [9.17, 15) is 14.7 Å². The lowest BCUT2D eigenvalue weighted by Gasteiger charge is -2.34. The largest absolute Gasteiger partial charge is 0.493 e. The summed E-state index contributed by atoms with van der Waals surface area (Å²) in [6.45, 7) is 6.23. The minimum atomic E-state index is -0.722. The number of unbranched alkanes of at least 4 members (excludes halogenated alkanes) is 1. The van der Waals surface area contributed by atoms with Crippen LogP contribution in [0.5, 0.6) is 11.5 Å². The molecule has 1 aliphatic rings. The van der Waals surface area contributed by atoms with E-state index in [-0.39, 0.29) is 30.4 Å². The Balaban J connectivity index is 1.94. The first-order valence-corrected chi connectivity index (χ1v) is 12.5. The van der Waals surface area contributed by atoms with E-state index in [1.807, 2.05) is 17.5 Å². The fraction of sp³-hybridized carbons (Fsp3) is 0.385. The van der Waals surface area contributed by atoms with Crippen molar-refractivity contribution in [3.63, 3.8) is 0 Å². The molecule has 2 heterocycles. The highest BCUT2D eigenvalue weighted by atomic mass is 32.1. The molecule has 8 nitrogen and oxygen atoms in total. The van der Waals surface area contributed by atoms with Crippen molar-refractivity contribution in [1.29, 1.82) is 0 Å². The lowest BCUT2D eigenvalue weighted by molar-refractivity contribution is 0.0619. The van der Waals surface area contributed by atoms with Crippen molar-refractivity contribution in [2.75, 3.05) is 38.8 Å². The molecule has 3 rings (SSSR count). The number of nitrogens with zero attached hydrogens (tertiary/aromatic N) is 1. The van der Waals surface area contributed by atoms with E-state index in [0.717, 1.165) is 24.0 Å². The molecule has 1 aliphatic heterocycles. The number of hydrogen-bond donors (Lipinski definition) is 2. The number of anilines is 1. The topological polar surface area (TPSA) is 97.3 Å². The van der Waals surface area contributed by atoms with Gasteiger partial charge in [-0.05, 0) is 46.9 Å². The second-order valence-electron chi connectivity index (χ2n) is 8.00. The Bertz CT molecular complexity index is 1050. The number of rotatable bonds is 11. The number of aliphatic hydroxyl groups is 1. The molecule has 0 aliphatic carbocycles. The summed E-state index contributed by atoms with van der Waals surface area (Å²) in [5, 5.41) is 16.8. The molecule has 9 heteroatoms. The Kier molecular flexibility index (Phi) is 9.75. The van der Waals surface area contributed by atoms with Crippen LogP contribution >= 0.6 is 11.3 Å². The van der Waals surface area contributed by atoms with Crippen LogP contribution in [0.2, 0.25) is 0 Å². The normalized spacial score (nSPS) is 15.2. The van der Waals surface area contributed by atoms with Gasteiger partial charge in [-0.15, -0.1) is 0 Å². The van der Waals surface area contributed by atoms with Gasteiger partial charge >= 0.3 is 6.09 Å². The molecule has 0 unspecified atom stereocenters. The first-order valence-electron chi connectivity index (χ1n) is 11.5. The molecule has 2 N–H and O–H groups in total. The zero-order valence-electron chi connectivity index (χ0n) is 20.1. The quantitative estimate of drug-likeness (QED) is 0.334. The summed E-state index contributed by atoms with van der Waals surface area (Å²) in [5.74, 6) is 0.442. The van der Waals surface area contributed by atoms with Crippen molar-refractivity contribution in [1.82, 2.24) is 4.90 Å². The van der Waals surface area contributed by atoms with Crippen molar-refractivity contribution in [3.05, 3.63) is 58.8 Å². The van der Waals surface area contributed by atoms with Gasteiger partial charge in [0.05, 0.1) is 37.6 Å². The Morgan fingerprint density at radius 3 is 2.83 bits per heavy atom. The average Bonchev–Trinajstić information content (AvgIpc) is 3.42. The number of benzene rings is 1. The van der Waals surface area contributed by atoms with E-state index in [1.165, 1.54) is 13.2 Å². The van der Waals surface area contributed by atoms with E-state index in [0.29, 0.717) is 31.1 Å². The highest BCUT2D eigenvalue weighted by molar-refractivity contribution is 7.08. The predicted octanol–water partition coefficient (Wildman–Crippen LogP) is 4.96. The summed E-state index contributed by atoms with van der Waals surface area (Å²) in [7, 11) is 1.50. The zero-order valence-corrected chi connectivity index (χ0v) is 20.9. The van der Waals surface area contributed by atoms with Crippen molar-refractivity contribution in [2.24, 2.45) is 0 Å². The molecule has 0 bridgehead atoms. The van der Waals surface area contributed by atoms with Crippen LogP contribution in [0, 0.1) is 0 Å². The summed E-state index contributed by atoms with van der Waals surface area (Å²) in [6, 6.07) is 4.75. The molecule has 0 saturated heterocycles. The maximum absolute atomic E-state index is 13.7. The van der Waals surface area contributed by atoms with Crippen LogP contribution in [0.1, 0.15) is 42.1 Å². The van der Waals surface area contributed by atoms with Crippen LogP contribution in [0.4, 0.5) is 10.5 Å². The van der Waals surface area contributed by atoms with Crippen molar-refractivity contribution in [2.45, 2.75) is 32.2 Å². The molecule has 2 amide bonds. The minimum Gasteiger partial charge on any atom is -0.493 e. The predicted molar refractivity (Wildman–Crippen MR) is 137 cm³/mol. The smallest absolute Gasteiger partial charge is 0.411 e. The first kappa shape index (κ1) is 26.3. The van der Waals surface area contributed by atoms with Gasteiger partial charge in [-0.2, -0.15) is 11.3 Å². The summed E-state index contributed by atoms with van der Waals surface area (Å²) >= 11 is 1.60. The third kappa shape index (κ3) is 6.64. The fourth-order valence-electron chi connectivity index (χ4n) is 3.77. The molecule has 2 aromatic rings. The van der Waals surface area contributed by atoms with E-state index < -0.39 is 12.1 Å². The van der Waals surface area contributed by atoms with Gasteiger partial charge < -0.3 is 24.2 Å². The van der Waals surface area contributed by atoms with E-state index in [2.05, 4.69) is 24.2 Å². The molecular formula is C26H32N2O6S. The lowest BCUT2D eigenvalue weighted by Crippen LogP contribution is -2.45. The van der Waals surface area contributed by atoms with Crippen LogP contribution in [-0.4, -0.2) is 61.5 Å². The SMILES string of the molecule is C=CCOC(=O)Nc1cc(OCCCC)c(OC)cc1C(=O)N1CC=C(c2ccsc2)C[C@H]1CO. The summed E-state index contributed by atoms with van der Waals surface area (Å²) in [5.41, 5.74) is 2.65. The van der Waals surface area contributed by atoms with Crippen molar-refractivity contribution in [3.8, 4) is 11.5 Å². The average molecular weight is 501 g/mol. The molecule has 0 spiro atoms. The Hall–Kier alpha value is -3.30. The molecule has 0 radical (unpaired) electrons. The van der Waals surface area contributed by atoms with Crippen LogP contribution in [0.15, 0.2) is 47.7 Å². The van der Waals surface area contributed by atoms with Gasteiger partial charge in [0.25, 0.3) is 5.91 Å². The van der Waals surface area contributed by atoms with E-state index >= 15 is 0 Å². The van der Waals surface area contributed by atoms with Gasteiger partial charge in [0.15, 0.2) is 11.5 Å². The van der Waals surface area contributed by atoms with Gasteiger partial charge in [-0.1, -0.05) is 32.1 Å².